The molecule has 0 saturated carbocycles. The first-order chi connectivity index (χ1) is 21.5. The SMILES string of the molecule is CCC(F)(F)c1ccc(CNC(=O)C2CN(C(=O)N3CCC(C(=O)O)CC3)CCN2S(=O)(=O)c2ccc(OC(F)(F)F)cc2)cc1. The van der Waals surface area contributed by atoms with E-state index >= 15 is 0 Å². The van der Waals surface area contributed by atoms with Gasteiger partial charge in [0.1, 0.15) is 11.8 Å². The normalized spacial score (nSPS) is 18.7. The van der Waals surface area contributed by atoms with Crippen LogP contribution in [0.4, 0.5) is 26.7 Å². The van der Waals surface area contributed by atoms with Crippen molar-refractivity contribution < 1.29 is 54.6 Å². The molecule has 2 aliphatic heterocycles. The second-order valence-electron chi connectivity index (χ2n) is 11.0. The number of likely N-dealkylation sites (tertiary alicyclic amines) is 1. The van der Waals surface area contributed by atoms with Gasteiger partial charge in [0.2, 0.25) is 15.9 Å². The van der Waals surface area contributed by atoms with E-state index in [9.17, 15) is 49.9 Å². The smallest absolute Gasteiger partial charge is 0.481 e. The van der Waals surface area contributed by atoms with Crippen molar-refractivity contribution in [3.8, 4) is 5.75 Å². The van der Waals surface area contributed by atoms with Crippen LogP contribution in [0.3, 0.4) is 0 Å². The Morgan fingerprint density at radius 1 is 0.913 bits per heavy atom. The second kappa shape index (κ2) is 13.8. The topological polar surface area (TPSA) is 137 Å². The highest BCUT2D eigenvalue weighted by Crippen LogP contribution is 2.31. The minimum Gasteiger partial charge on any atom is -0.481 e. The van der Waals surface area contributed by atoms with Gasteiger partial charge in [-0.2, -0.15) is 4.31 Å². The van der Waals surface area contributed by atoms with Crippen LogP contribution in [0.2, 0.25) is 0 Å². The molecule has 0 radical (unpaired) electrons. The molecule has 2 fully saturated rings. The number of carbonyl (C=O) groups excluding carboxylic acids is 2. The Balaban J connectivity index is 1.53. The first-order valence-corrected chi connectivity index (χ1v) is 15.8. The van der Waals surface area contributed by atoms with Gasteiger partial charge in [-0.25, -0.2) is 22.0 Å². The Labute approximate surface area is 261 Å². The Kier molecular flexibility index (Phi) is 10.5. The van der Waals surface area contributed by atoms with Crippen molar-refractivity contribution in [3.63, 3.8) is 0 Å². The first-order valence-electron chi connectivity index (χ1n) is 14.4. The lowest BCUT2D eigenvalue weighted by Gasteiger charge is -2.42. The van der Waals surface area contributed by atoms with E-state index in [0.717, 1.165) is 28.6 Å². The van der Waals surface area contributed by atoms with Crippen LogP contribution in [0.25, 0.3) is 0 Å². The van der Waals surface area contributed by atoms with Crippen molar-refractivity contribution in [2.75, 3.05) is 32.7 Å². The van der Waals surface area contributed by atoms with E-state index in [1.54, 1.807) is 0 Å². The van der Waals surface area contributed by atoms with E-state index in [-0.39, 0.29) is 57.7 Å². The van der Waals surface area contributed by atoms with Crippen molar-refractivity contribution in [1.29, 1.82) is 0 Å². The van der Waals surface area contributed by atoms with Gasteiger partial charge in [0.25, 0.3) is 5.92 Å². The lowest BCUT2D eigenvalue weighted by molar-refractivity contribution is -0.274. The fourth-order valence-corrected chi connectivity index (χ4v) is 6.86. The van der Waals surface area contributed by atoms with Crippen molar-refractivity contribution in [1.82, 2.24) is 19.4 Å². The molecule has 11 nitrogen and oxygen atoms in total. The molecule has 0 aromatic heterocycles. The molecule has 0 aliphatic carbocycles. The summed E-state index contributed by atoms with van der Waals surface area (Å²) in [6, 6.07) is 6.74. The summed E-state index contributed by atoms with van der Waals surface area (Å²) in [5, 5.41) is 11.8. The molecule has 2 aromatic rings. The average molecular weight is 677 g/mol. The molecule has 252 valence electrons. The van der Waals surface area contributed by atoms with Gasteiger partial charge in [-0.05, 0) is 42.7 Å². The van der Waals surface area contributed by atoms with E-state index in [1.165, 1.54) is 41.0 Å². The predicted molar refractivity (Wildman–Crippen MR) is 152 cm³/mol. The summed E-state index contributed by atoms with van der Waals surface area (Å²) in [5.74, 6) is -6.04. The molecule has 17 heteroatoms. The molecule has 1 unspecified atom stereocenters. The zero-order chi connectivity index (χ0) is 33.9. The molecule has 2 N–H and O–H groups in total. The standard InChI is InChI=1S/C29H33F5N4O7S/c1-2-28(30,31)21-5-3-19(4-6-21)17-35-25(39)24-18-37(27(42)36-13-11-20(12-14-36)26(40)41)15-16-38(24)46(43,44)23-9-7-22(8-10-23)45-29(32,33)34/h3-10,20,24H,2,11-18H2,1H3,(H,35,39)(H,40,41). The monoisotopic (exact) mass is 676 g/mol. The van der Waals surface area contributed by atoms with Gasteiger partial charge in [0.05, 0.1) is 10.8 Å². The summed E-state index contributed by atoms with van der Waals surface area (Å²) >= 11 is 0. The van der Waals surface area contributed by atoms with Gasteiger partial charge in [-0.1, -0.05) is 31.2 Å². The van der Waals surface area contributed by atoms with Gasteiger partial charge in [0.15, 0.2) is 0 Å². The fourth-order valence-electron chi connectivity index (χ4n) is 5.29. The predicted octanol–water partition coefficient (Wildman–Crippen LogP) is 3.99. The van der Waals surface area contributed by atoms with Crippen LogP contribution in [0, 0.1) is 5.92 Å². The van der Waals surface area contributed by atoms with E-state index in [1.807, 2.05) is 0 Å². The maximum atomic E-state index is 14.0. The molecule has 46 heavy (non-hydrogen) atoms. The Bertz CT molecular complexity index is 1510. The van der Waals surface area contributed by atoms with Crippen LogP contribution in [0.5, 0.6) is 5.75 Å². The summed E-state index contributed by atoms with van der Waals surface area (Å²) < 4.78 is 97.7. The summed E-state index contributed by atoms with van der Waals surface area (Å²) in [6.45, 7) is 0.674. The third-order valence-corrected chi connectivity index (χ3v) is 9.89. The molecule has 3 amide bonds. The number of amides is 3. The highest BCUT2D eigenvalue weighted by Gasteiger charge is 2.43. The van der Waals surface area contributed by atoms with E-state index in [0.29, 0.717) is 5.56 Å². The quantitative estimate of drug-likeness (QED) is 0.384. The zero-order valence-corrected chi connectivity index (χ0v) is 25.5. The minimum absolute atomic E-state index is 0.122. The number of aliphatic carboxylic acids is 1. The van der Waals surface area contributed by atoms with E-state index in [2.05, 4.69) is 10.1 Å². The average Bonchev–Trinajstić information content (AvgIpc) is 3.02. The van der Waals surface area contributed by atoms with Crippen LogP contribution in [0.15, 0.2) is 53.4 Å². The van der Waals surface area contributed by atoms with Crippen molar-refractivity contribution in [2.45, 2.75) is 56.0 Å². The lowest BCUT2D eigenvalue weighted by atomic mass is 9.97. The molecule has 2 heterocycles. The van der Waals surface area contributed by atoms with E-state index in [4.69, 9.17) is 0 Å². The maximum Gasteiger partial charge on any atom is 0.573 e. The highest BCUT2D eigenvalue weighted by atomic mass is 32.2. The van der Waals surface area contributed by atoms with Gasteiger partial charge < -0.3 is 25.0 Å². The third-order valence-electron chi connectivity index (χ3n) is 7.97. The zero-order valence-electron chi connectivity index (χ0n) is 24.7. The Morgan fingerprint density at radius 3 is 2.07 bits per heavy atom. The third kappa shape index (κ3) is 8.23. The molecule has 2 saturated heterocycles. The van der Waals surface area contributed by atoms with Crippen LogP contribution < -0.4 is 10.1 Å². The number of hydrogen-bond donors (Lipinski definition) is 2. The summed E-state index contributed by atoms with van der Waals surface area (Å²) in [7, 11) is -4.48. The van der Waals surface area contributed by atoms with E-state index < -0.39 is 69.2 Å². The van der Waals surface area contributed by atoms with Crippen LogP contribution in [-0.2, 0) is 32.1 Å². The molecule has 1 atom stereocenters. The number of benzene rings is 2. The van der Waals surface area contributed by atoms with Crippen molar-refractivity contribution in [2.24, 2.45) is 5.92 Å². The van der Waals surface area contributed by atoms with Crippen molar-refractivity contribution in [3.05, 3.63) is 59.7 Å². The summed E-state index contributed by atoms with van der Waals surface area (Å²) in [6.07, 6.45) is -4.93. The number of alkyl halides is 5. The highest BCUT2D eigenvalue weighted by molar-refractivity contribution is 7.89. The molecule has 0 spiro atoms. The second-order valence-corrected chi connectivity index (χ2v) is 12.8. The number of urea groups is 1. The van der Waals surface area contributed by atoms with Gasteiger partial charge in [0, 0.05) is 51.3 Å². The Morgan fingerprint density at radius 2 is 1.52 bits per heavy atom. The van der Waals surface area contributed by atoms with Gasteiger partial charge in [-0.15, -0.1) is 13.2 Å². The molecular formula is C29H33F5N4O7S. The first kappa shape index (κ1) is 34.9. The van der Waals surface area contributed by atoms with Gasteiger partial charge >= 0.3 is 18.4 Å². The van der Waals surface area contributed by atoms with Crippen LogP contribution in [-0.4, -0.2) is 90.7 Å². The molecule has 2 aromatic carbocycles. The number of ether oxygens (including phenoxy) is 1. The van der Waals surface area contributed by atoms with Crippen LogP contribution >= 0.6 is 0 Å². The lowest BCUT2D eigenvalue weighted by Crippen LogP contribution is -2.63. The number of halogens is 5. The van der Waals surface area contributed by atoms with Gasteiger partial charge in [-0.3, -0.25) is 9.59 Å². The Hall–Kier alpha value is -3.99. The minimum atomic E-state index is -4.99. The number of rotatable bonds is 9. The number of carboxylic acid groups (broad SMARTS) is 1. The largest absolute Gasteiger partial charge is 0.573 e. The number of nitrogens with zero attached hydrogens (tertiary/aromatic N) is 3. The number of sulfonamides is 1. The number of piperazine rings is 1. The molecular weight excluding hydrogens is 643 g/mol. The molecule has 2 aliphatic rings. The number of carbonyl (C=O) groups is 3. The maximum absolute atomic E-state index is 14.0. The number of nitrogens with one attached hydrogen (secondary N) is 1. The summed E-state index contributed by atoms with van der Waals surface area (Å²) in [5.41, 5.74) is 0.242. The molecule has 0 bridgehead atoms. The van der Waals surface area contributed by atoms with Crippen molar-refractivity contribution >= 4 is 27.9 Å². The fraction of sp³-hybridized carbons (Fsp3) is 0.483. The summed E-state index contributed by atoms with van der Waals surface area (Å²) in [4.78, 5) is 40.5. The van der Waals surface area contributed by atoms with Crippen LogP contribution in [0.1, 0.15) is 37.3 Å². The number of carboxylic acids is 1. The molecule has 4 rings (SSSR count). The number of piperidine rings is 1. The number of hydrogen-bond acceptors (Lipinski definition) is 6.